The fourth-order valence-corrected chi connectivity index (χ4v) is 4.83. The minimum Gasteiger partial charge on any atom is -0.395 e. The second kappa shape index (κ2) is 7.61. The molecule has 0 amide bonds. The molecule has 0 aromatic carbocycles. The molecule has 1 aliphatic heterocycles. The summed E-state index contributed by atoms with van der Waals surface area (Å²) >= 11 is 0. The van der Waals surface area contributed by atoms with Crippen molar-refractivity contribution in [1.82, 2.24) is 14.5 Å². The molecule has 11 heteroatoms. The maximum atomic E-state index is 15.5. The molecule has 30 heavy (non-hydrogen) atoms. The summed E-state index contributed by atoms with van der Waals surface area (Å²) < 4.78 is 59.2. The van der Waals surface area contributed by atoms with Crippen LogP contribution in [0.3, 0.4) is 0 Å². The van der Waals surface area contributed by atoms with Crippen molar-refractivity contribution in [3.8, 4) is 0 Å². The van der Waals surface area contributed by atoms with Gasteiger partial charge in [-0.2, -0.15) is 0 Å². The summed E-state index contributed by atoms with van der Waals surface area (Å²) in [5, 5.41) is 8.76. The lowest BCUT2D eigenvalue weighted by atomic mass is 9.89. The Hall–Kier alpha value is -1.98. The third kappa shape index (κ3) is 3.23. The van der Waals surface area contributed by atoms with E-state index in [-0.39, 0.29) is 30.1 Å². The van der Waals surface area contributed by atoms with Crippen LogP contribution in [-0.2, 0) is 0 Å². The van der Waals surface area contributed by atoms with Crippen LogP contribution in [0.15, 0.2) is 9.59 Å². The lowest BCUT2D eigenvalue weighted by Crippen LogP contribution is -2.62. The highest BCUT2D eigenvalue weighted by Gasteiger charge is 2.46. The first-order chi connectivity index (χ1) is 14.2. The van der Waals surface area contributed by atoms with E-state index in [0.29, 0.717) is 12.8 Å². The summed E-state index contributed by atoms with van der Waals surface area (Å²) in [6, 6.07) is -2.39. The molecule has 7 nitrogen and oxygen atoms in total. The van der Waals surface area contributed by atoms with E-state index in [1.54, 1.807) is 0 Å². The van der Waals surface area contributed by atoms with Crippen LogP contribution in [0, 0.1) is 5.92 Å². The molecular formula is C19H24F4N4O3. The van der Waals surface area contributed by atoms with Gasteiger partial charge >= 0.3 is 5.69 Å². The Balaban J connectivity index is 1.94. The van der Waals surface area contributed by atoms with Gasteiger partial charge < -0.3 is 10.8 Å². The number of alkyl halides is 4. The first-order valence-electron chi connectivity index (χ1n) is 9.93. The molecule has 2 fully saturated rings. The summed E-state index contributed by atoms with van der Waals surface area (Å²) in [5.41, 5.74) is 3.24. The average Bonchev–Trinajstić information content (AvgIpc) is 3.43. The van der Waals surface area contributed by atoms with Gasteiger partial charge in [0.2, 0.25) is 0 Å². The molecule has 5 atom stereocenters. The average molecular weight is 432 g/mol. The molecule has 1 saturated carbocycles. The lowest BCUT2D eigenvalue weighted by Gasteiger charge is -2.35. The van der Waals surface area contributed by atoms with Crippen LogP contribution in [0.4, 0.5) is 17.6 Å². The zero-order valence-electron chi connectivity index (χ0n) is 16.3. The largest absolute Gasteiger partial charge is 0.395 e. The van der Waals surface area contributed by atoms with Gasteiger partial charge in [0.15, 0.2) is 0 Å². The van der Waals surface area contributed by atoms with Crippen molar-refractivity contribution in [3.05, 3.63) is 31.4 Å². The molecule has 0 bridgehead atoms. The number of aliphatic hydroxyl groups excluding tert-OH is 1. The topological polar surface area (TPSA) is 104 Å². The first kappa shape index (κ1) is 21.3. The van der Waals surface area contributed by atoms with Gasteiger partial charge in [-0.05, 0) is 25.3 Å². The smallest absolute Gasteiger partial charge is 0.329 e. The van der Waals surface area contributed by atoms with Crippen LogP contribution in [0.2, 0.25) is 0 Å². The van der Waals surface area contributed by atoms with Crippen LogP contribution >= 0.6 is 0 Å². The fourth-order valence-electron chi connectivity index (χ4n) is 4.83. The molecule has 1 aromatic heterocycles. The van der Waals surface area contributed by atoms with E-state index in [0.717, 1.165) is 0 Å². The van der Waals surface area contributed by atoms with Crippen LogP contribution in [0.25, 0.3) is 11.1 Å². The maximum Gasteiger partial charge on any atom is 0.329 e. The Morgan fingerprint density at radius 2 is 1.90 bits per heavy atom. The highest BCUT2D eigenvalue weighted by Crippen LogP contribution is 2.35. The third-order valence-electron chi connectivity index (χ3n) is 6.44. The number of nitrogens with zero attached hydrogens (tertiary/aromatic N) is 2. The number of nitrogens with two attached hydrogens (primary N) is 1. The van der Waals surface area contributed by atoms with E-state index in [9.17, 15) is 27.9 Å². The number of hydrogen-bond donors (Lipinski definition) is 3. The van der Waals surface area contributed by atoms with Crippen molar-refractivity contribution in [3.63, 3.8) is 0 Å². The zero-order chi connectivity index (χ0) is 21.9. The van der Waals surface area contributed by atoms with Crippen LogP contribution < -0.4 is 27.6 Å². The zero-order valence-corrected chi connectivity index (χ0v) is 16.3. The predicted octanol–water partition coefficient (Wildman–Crippen LogP) is -1.23. The summed E-state index contributed by atoms with van der Waals surface area (Å²) in [4.78, 5) is 28.3. The van der Waals surface area contributed by atoms with Crippen molar-refractivity contribution in [2.45, 2.75) is 56.7 Å². The Kier molecular flexibility index (Phi) is 5.39. The number of likely N-dealkylation sites (tertiary alicyclic amines) is 1. The third-order valence-corrected chi connectivity index (χ3v) is 6.44. The second-order valence-electron chi connectivity index (χ2n) is 8.35. The molecule has 2 heterocycles. The van der Waals surface area contributed by atoms with Gasteiger partial charge in [0, 0.05) is 36.7 Å². The van der Waals surface area contributed by atoms with Crippen LogP contribution in [-0.4, -0.2) is 70.1 Å². The Bertz CT molecular complexity index is 1080. The minimum atomic E-state index is -3.26. The number of hydrogen-bond acceptors (Lipinski definition) is 5. The van der Waals surface area contributed by atoms with E-state index in [1.165, 1.54) is 16.4 Å². The van der Waals surface area contributed by atoms with Gasteiger partial charge in [-0.15, -0.1) is 0 Å². The fraction of sp³-hybridized carbons (Fsp3) is 0.684. The molecule has 4 N–H and O–H groups in total. The molecular weight excluding hydrogens is 408 g/mol. The van der Waals surface area contributed by atoms with Crippen LogP contribution in [0.5, 0.6) is 0 Å². The second-order valence-corrected chi connectivity index (χ2v) is 8.35. The van der Waals surface area contributed by atoms with Crippen molar-refractivity contribution in [1.29, 1.82) is 0 Å². The monoisotopic (exact) mass is 432 g/mol. The van der Waals surface area contributed by atoms with Crippen molar-refractivity contribution in [2.24, 2.45) is 11.7 Å². The molecule has 0 radical (unpaired) electrons. The molecule has 0 spiro atoms. The van der Waals surface area contributed by atoms with E-state index < -0.39 is 65.4 Å². The summed E-state index contributed by atoms with van der Waals surface area (Å²) in [6.45, 7) is 0.749. The highest BCUT2D eigenvalue weighted by atomic mass is 19.3. The van der Waals surface area contributed by atoms with E-state index in [4.69, 9.17) is 5.73 Å². The Labute approximate surface area is 168 Å². The number of aromatic nitrogens is 2. The molecule has 4 rings (SSSR count). The predicted molar refractivity (Wildman–Crippen MR) is 101 cm³/mol. The number of nitrogens with one attached hydrogen (secondary N) is 1. The van der Waals surface area contributed by atoms with Crippen molar-refractivity contribution >= 4 is 11.1 Å². The van der Waals surface area contributed by atoms with Gasteiger partial charge in [-0.25, -0.2) is 22.4 Å². The number of rotatable bonds is 5. The first-order valence-corrected chi connectivity index (χ1v) is 9.93. The molecule has 166 valence electrons. The minimum absolute atomic E-state index is 0.00534. The van der Waals surface area contributed by atoms with Gasteiger partial charge in [-0.1, -0.05) is 0 Å². The Morgan fingerprint density at radius 3 is 2.47 bits per heavy atom. The maximum absolute atomic E-state index is 15.5. The highest BCUT2D eigenvalue weighted by molar-refractivity contribution is 5.65. The van der Waals surface area contributed by atoms with Gasteiger partial charge in [0.1, 0.15) is 12.3 Å². The SMILES string of the molecule is CC1=c2c(c(=O)[nH]c(=O)n2C2CC2)=C(C(F)F)C(F)C1N1CC(F)C(C(N)CO)C1. The number of fused-ring (bicyclic) bond motifs is 1. The number of H-pyrrole nitrogens is 1. The van der Waals surface area contributed by atoms with Gasteiger partial charge in [-0.3, -0.25) is 19.2 Å². The molecule has 1 saturated heterocycles. The summed E-state index contributed by atoms with van der Waals surface area (Å²) in [6.07, 6.45) is -5.69. The normalized spacial score (nSPS) is 30.8. The summed E-state index contributed by atoms with van der Waals surface area (Å²) in [5.74, 6) is -0.781. The number of halogens is 4. The van der Waals surface area contributed by atoms with E-state index in [2.05, 4.69) is 0 Å². The van der Waals surface area contributed by atoms with Crippen LogP contribution in [0.1, 0.15) is 25.8 Å². The van der Waals surface area contributed by atoms with E-state index in [1.807, 2.05) is 4.98 Å². The molecule has 5 unspecified atom stereocenters. The quantitative estimate of drug-likeness (QED) is 0.506. The number of aliphatic hydroxyl groups is 1. The molecule has 1 aromatic rings. The van der Waals surface area contributed by atoms with E-state index >= 15 is 4.39 Å². The Morgan fingerprint density at radius 1 is 1.23 bits per heavy atom. The lowest BCUT2D eigenvalue weighted by molar-refractivity contribution is 0.152. The van der Waals surface area contributed by atoms with Crippen molar-refractivity contribution < 1.29 is 22.7 Å². The number of aromatic amines is 1. The summed E-state index contributed by atoms with van der Waals surface area (Å²) in [7, 11) is 0. The van der Waals surface area contributed by atoms with Crippen molar-refractivity contribution in [2.75, 3.05) is 19.7 Å². The molecule has 3 aliphatic rings. The van der Waals surface area contributed by atoms with Gasteiger partial charge in [0.05, 0.1) is 23.2 Å². The van der Waals surface area contributed by atoms with Gasteiger partial charge in [0.25, 0.3) is 12.0 Å². The standard InChI is InChI=1S/C19H24F4N4O3/c1-7-15-13(18(29)25-19(30)27(15)8-2-3-8)12(17(22)23)14(21)16(7)26-4-9(10(20)5-26)11(24)6-28/h8-11,14,16-17,28H,2-6,24H2,1H3,(H,25,29,30). The molecule has 2 aliphatic carbocycles.